The Morgan fingerprint density at radius 3 is 2.67 bits per heavy atom. The Balaban J connectivity index is 1.85. The molecule has 0 spiro atoms. The summed E-state index contributed by atoms with van der Waals surface area (Å²) < 4.78 is 5.42. The number of hydrogen-bond acceptors (Lipinski definition) is 3. The molecule has 1 heterocycles. The fourth-order valence-corrected chi connectivity index (χ4v) is 2.67. The van der Waals surface area contributed by atoms with E-state index in [9.17, 15) is 14.7 Å². The fraction of sp³-hybridized carbons (Fsp3) is 0.176. The highest BCUT2D eigenvalue weighted by atomic mass is 16.5. The number of carboxylic acid groups (broad SMARTS) is 1. The van der Waals surface area contributed by atoms with Crippen molar-refractivity contribution >= 4 is 11.9 Å². The largest absolute Gasteiger partial charge is 0.478 e. The van der Waals surface area contributed by atoms with Crippen LogP contribution in [-0.4, -0.2) is 23.1 Å². The van der Waals surface area contributed by atoms with Gasteiger partial charge in [0.15, 0.2) is 0 Å². The molecule has 2 aromatic carbocycles. The van der Waals surface area contributed by atoms with Gasteiger partial charge < -0.3 is 9.84 Å². The molecule has 0 bridgehead atoms. The van der Waals surface area contributed by atoms with Gasteiger partial charge in [0.25, 0.3) is 0 Å². The molecule has 4 nitrogen and oxygen atoms in total. The Morgan fingerprint density at radius 2 is 1.86 bits per heavy atom. The Hall–Kier alpha value is -2.62. The van der Waals surface area contributed by atoms with Crippen LogP contribution in [0, 0.1) is 0 Å². The normalized spacial score (nSPS) is 17.0. The van der Waals surface area contributed by atoms with E-state index in [-0.39, 0.29) is 17.6 Å². The van der Waals surface area contributed by atoms with E-state index in [1.54, 1.807) is 36.4 Å². The van der Waals surface area contributed by atoms with Crippen LogP contribution in [0.3, 0.4) is 0 Å². The first kappa shape index (κ1) is 13.4. The number of rotatable bonds is 3. The zero-order valence-electron chi connectivity index (χ0n) is 11.3. The molecule has 1 unspecified atom stereocenters. The van der Waals surface area contributed by atoms with Gasteiger partial charge in [0.1, 0.15) is 6.10 Å². The summed E-state index contributed by atoms with van der Waals surface area (Å²) in [7, 11) is 0. The number of hydrogen-bond donors (Lipinski definition) is 1. The Morgan fingerprint density at radius 1 is 1.14 bits per heavy atom. The molecule has 0 saturated carbocycles. The monoisotopic (exact) mass is 282 g/mol. The van der Waals surface area contributed by atoms with Gasteiger partial charge in [-0.3, -0.25) is 0 Å². The van der Waals surface area contributed by atoms with E-state index in [2.05, 4.69) is 0 Å². The number of ether oxygens (including phenoxy) is 1. The van der Waals surface area contributed by atoms with Gasteiger partial charge >= 0.3 is 11.9 Å². The average Bonchev–Trinajstić information content (AvgIpc) is 2.47. The lowest BCUT2D eigenvalue weighted by atomic mass is 9.93. The number of carbonyl (C=O) groups is 2. The first-order chi connectivity index (χ1) is 10.1. The molecule has 0 saturated heterocycles. The van der Waals surface area contributed by atoms with Crippen molar-refractivity contribution in [1.29, 1.82) is 0 Å². The van der Waals surface area contributed by atoms with Gasteiger partial charge in [0, 0.05) is 12.8 Å². The van der Waals surface area contributed by atoms with Crippen molar-refractivity contribution in [2.24, 2.45) is 0 Å². The summed E-state index contributed by atoms with van der Waals surface area (Å²) in [6.07, 6.45) is 0.686. The predicted octanol–water partition coefficient (Wildman–Crippen LogP) is 2.71. The molecule has 2 aromatic rings. The molecule has 3 rings (SSSR count). The number of cyclic esters (lactones) is 1. The molecular formula is C17H14O4. The van der Waals surface area contributed by atoms with E-state index >= 15 is 0 Å². The maximum absolute atomic E-state index is 12.0. The van der Waals surface area contributed by atoms with Crippen LogP contribution < -0.4 is 0 Å². The van der Waals surface area contributed by atoms with Crippen molar-refractivity contribution < 1.29 is 19.4 Å². The van der Waals surface area contributed by atoms with Crippen LogP contribution in [0.2, 0.25) is 0 Å². The second kappa shape index (κ2) is 5.40. The minimum Gasteiger partial charge on any atom is -0.478 e. The van der Waals surface area contributed by atoms with E-state index in [0.717, 1.165) is 5.56 Å². The molecule has 0 amide bonds. The van der Waals surface area contributed by atoms with E-state index in [4.69, 9.17) is 4.74 Å². The number of benzene rings is 2. The number of carbonyl (C=O) groups excluding carboxylic acids is 1. The number of fused-ring (bicyclic) bond motifs is 1. The Kier molecular flexibility index (Phi) is 3.44. The third kappa shape index (κ3) is 2.65. The smallest absolute Gasteiger partial charge is 0.338 e. The van der Waals surface area contributed by atoms with Gasteiger partial charge in [0.2, 0.25) is 0 Å². The summed E-state index contributed by atoms with van der Waals surface area (Å²) in [6.45, 7) is 0. The predicted molar refractivity (Wildman–Crippen MR) is 76.5 cm³/mol. The van der Waals surface area contributed by atoms with Crippen LogP contribution in [0.25, 0.3) is 0 Å². The summed E-state index contributed by atoms with van der Waals surface area (Å²) in [6, 6.07) is 14.2. The number of carboxylic acids is 1. The summed E-state index contributed by atoms with van der Waals surface area (Å²) in [4.78, 5) is 23.2. The van der Waals surface area contributed by atoms with Crippen LogP contribution >= 0.6 is 0 Å². The Bertz CT molecular complexity index is 705. The van der Waals surface area contributed by atoms with Crippen molar-refractivity contribution in [2.75, 3.05) is 0 Å². The van der Waals surface area contributed by atoms with Gasteiger partial charge in [0.05, 0.1) is 11.1 Å². The molecule has 0 aliphatic carbocycles. The van der Waals surface area contributed by atoms with Crippen LogP contribution in [0.15, 0.2) is 48.5 Å². The maximum Gasteiger partial charge on any atom is 0.338 e. The highest BCUT2D eigenvalue weighted by Crippen LogP contribution is 2.23. The molecule has 1 aliphatic heterocycles. The molecule has 0 aromatic heterocycles. The third-order valence-corrected chi connectivity index (χ3v) is 3.65. The molecular weight excluding hydrogens is 268 g/mol. The Labute approximate surface area is 122 Å². The first-order valence-corrected chi connectivity index (χ1v) is 6.75. The third-order valence-electron chi connectivity index (χ3n) is 3.65. The fourth-order valence-electron chi connectivity index (χ4n) is 2.67. The minimum atomic E-state index is -0.965. The molecule has 0 fully saturated rings. The van der Waals surface area contributed by atoms with E-state index in [0.29, 0.717) is 24.0 Å². The van der Waals surface area contributed by atoms with Crippen LogP contribution in [0.4, 0.5) is 0 Å². The lowest BCUT2D eigenvalue weighted by Gasteiger charge is -2.25. The molecule has 4 heteroatoms. The van der Waals surface area contributed by atoms with Crippen molar-refractivity contribution in [3.63, 3.8) is 0 Å². The second-order valence-corrected chi connectivity index (χ2v) is 5.06. The van der Waals surface area contributed by atoms with Gasteiger partial charge in [-0.2, -0.15) is 0 Å². The lowest BCUT2D eigenvalue weighted by Crippen LogP contribution is -2.29. The quantitative estimate of drug-likeness (QED) is 0.879. The summed E-state index contributed by atoms with van der Waals surface area (Å²) in [5, 5.41) is 9.20. The number of aromatic carboxylic acids is 1. The number of esters is 1. The standard InChI is InChI=1S/C17H14O4/c18-16(19)14-7-3-1-5-11(14)9-13-10-12-6-2-4-8-15(12)17(20)21-13/h1-8,13H,9-10H2,(H,18,19). The van der Waals surface area contributed by atoms with Crippen molar-refractivity contribution in [3.05, 3.63) is 70.8 Å². The molecule has 1 atom stereocenters. The zero-order valence-corrected chi connectivity index (χ0v) is 11.3. The van der Waals surface area contributed by atoms with E-state index in [1.807, 2.05) is 12.1 Å². The molecule has 106 valence electrons. The highest BCUT2D eigenvalue weighted by Gasteiger charge is 2.27. The molecule has 21 heavy (non-hydrogen) atoms. The highest BCUT2D eigenvalue weighted by molar-refractivity contribution is 5.92. The van der Waals surface area contributed by atoms with Crippen LogP contribution in [0.5, 0.6) is 0 Å². The van der Waals surface area contributed by atoms with Gasteiger partial charge in [-0.05, 0) is 23.3 Å². The van der Waals surface area contributed by atoms with Gasteiger partial charge in [-0.1, -0.05) is 36.4 Å². The molecule has 1 aliphatic rings. The maximum atomic E-state index is 12.0. The minimum absolute atomic E-state index is 0.257. The van der Waals surface area contributed by atoms with Gasteiger partial charge in [-0.15, -0.1) is 0 Å². The summed E-state index contributed by atoms with van der Waals surface area (Å²) >= 11 is 0. The summed E-state index contributed by atoms with van der Waals surface area (Å²) in [5.74, 6) is -1.30. The van der Waals surface area contributed by atoms with Crippen molar-refractivity contribution in [3.8, 4) is 0 Å². The second-order valence-electron chi connectivity index (χ2n) is 5.06. The van der Waals surface area contributed by atoms with Crippen molar-refractivity contribution in [2.45, 2.75) is 18.9 Å². The van der Waals surface area contributed by atoms with Crippen LogP contribution in [-0.2, 0) is 17.6 Å². The van der Waals surface area contributed by atoms with Crippen LogP contribution in [0.1, 0.15) is 31.8 Å². The zero-order chi connectivity index (χ0) is 14.8. The van der Waals surface area contributed by atoms with Gasteiger partial charge in [-0.25, -0.2) is 9.59 Å². The SMILES string of the molecule is O=C(O)c1ccccc1CC1Cc2ccccc2C(=O)O1. The van der Waals surface area contributed by atoms with Crippen molar-refractivity contribution in [1.82, 2.24) is 0 Å². The van der Waals surface area contributed by atoms with E-state index in [1.165, 1.54) is 0 Å². The first-order valence-electron chi connectivity index (χ1n) is 6.75. The average molecular weight is 282 g/mol. The topological polar surface area (TPSA) is 63.6 Å². The molecule has 1 N–H and O–H groups in total. The lowest BCUT2D eigenvalue weighted by molar-refractivity contribution is 0.0259. The summed E-state index contributed by atoms with van der Waals surface area (Å²) in [5.41, 5.74) is 2.49. The molecule has 0 radical (unpaired) electrons. The van der Waals surface area contributed by atoms with E-state index < -0.39 is 5.97 Å².